The number of hydrogen-bond donors (Lipinski definition) is 2. The number of aliphatic imine (C=N–C) groups is 1. The Morgan fingerprint density at radius 2 is 2.00 bits per heavy atom. The lowest BCUT2D eigenvalue weighted by Gasteiger charge is -2.24. The van der Waals surface area contributed by atoms with E-state index < -0.39 is 0 Å². The third kappa shape index (κ3) is 4.37. The Morgan fingerprint density at radius 1 is 1.26 bits per heavy atom. The van der Waals surface area contributed by atoms with E-state index in [1.165, 1.54) is 45.2 Å². The van der Waals surface area contributed by atoms with Crippen LogP contribution in [0.1, 0.15) is 46.0 Å². The summed E-state index contributed by atoms with van der Waals surface area (Å²) >= 11 is 0. The molecular weight excluding hydrogens is 236 g/mol. The first kappa shape index (κ1) is 14.6. The molecule has 1 aliphatic carbocycles. The van der Waals surface area contributed by atoms with Crippen LogP contribution >= 0.6 is 0 Å². The molecule has 1 atom stereocenters. The largest absolute Gasteiger partial charge is 0.356 e. The van der Waals surface area contributed by atoms with E-state index in [2.05, 4.69) is 34.4 Å². The molecule has 2 fully saturated rings. The molecule has 110 valence electrons. The van der Waals surface area contributed by atoms with Gasteiger partial charge in [-0.05, 0) is 25.2 Å². The second kappa shape index (κ2) is 7.13. The molecule has 4 heteroatoms. The zero-order valence-corrected chi connectivity index (χ0v) is 12.8. The molecule has 2 aliphatic rings. The van der Waals surface area contributed by atoms with Crippen molar-refractivity contribution in [2.45, 2.75) is 58.0 Å². The molecule has 1 aliphatic heterocycles. The van der Waals surface area contributed by atoms with Crippen molar-refractivity contribution in [2.24, 2.45) is 10.9 Å². The van der Waals surface area contributed by atoms with Crippen LogP contribution in [-0.2, 0) is 0 Å². The molecule has 2 rings (SSSR count). The maximum atomic E-state index is 4.32. The maximum absolute atomic E-state index is 4.32. The molecule has 0 radical (unpaired) electrons. The Morgan fingerprint density at radius 3 is 2.63 bits per heavy atom. The van der Waals surface area contributed by atoms with E-state index in [1.807, 2.05) is 7.05 Å². The molecule has 1 unspecified atom stereocenters. The van der Waals surface area contributed by atoms with Gasteiger partial charge in [0.25, 0.3) is 0 Å². The summed E-state index contributed by atoms with van der Waals surface area (Å²) < 4.78 is 0. The monoisotopic (exact) mass is 266 g/mol. The average molecular weight is 266 g/mol. The van der Waals surface area contributed by atoms with Gasteiger partial charge in [0.1, 0.15) is 0 Å². The van der Waals surface area contributed by atoms with Crippen molar-refractivity contribution in [1.82, 2.24) is 15.5 Å². The molecule has 0 amide bonds. The van der Waals surface area contributed by atoms with Crippen LogP contribution in [0, 0.1) is 5.92 Å². The maximum Gasteiger partial charge on any atom is 0.191 e. The standard InChI is InChI=1S/C15H30N4/c1-12(2)10-17-15(16-3)18-13-8-9-19(11-13)14-6-4-5-7-14/h12-14H,4-11H2,1-3H3,(H2,16,17,18). The van der Waals surface area contributed by atoms with Crippen molar-refractivity contribution in [3.63, 3.8) is 0 Å². The Balaban J connectivity index is 1.73. The second-order valence-corrected chi connectivity index (χ2v) is 6.41. The van der Waals surface area contributed by atoms with Gasteiger partial charge in [0.05, 0.1) is 0 Å². The van der Waals surface area contributed by atoms with Gasteiger partial charge < -0.3 is 10.6 Å². The molecule has 0 aromatic heterocycles. The van der Waals surface area contributed by atoms with E-state index in [1.54, 1.807) is 0 Å². The summed E-state index contributed by atoms with van der Waals surface area (Å²) in [7, 11) is 1.86. The SMILES string of the molecule is CN=C(NCC(C)C)NC1CCN(C2CCCC2)C1. The van der Waals surface area contributed by atoms with Gasteiger partial charge in [-0.25, -0.2) is 0 Å². The van der Waals surface area contributed by atoms with Gasteiger partial charge in [-0.3, -0.25) is 9.89 Å². The number of nitrogens with one attached hydrogen (secondary N) is 2. The molecule has 0 aromatic rings. The molecule has 1 saturated heterocycles. The Bertz CT molecular complexity index is 295. The van der Waals surface area contributed by atoms with Crippen molar-refractivity contribution < 1.29 is 0 Å². The first-order chi connectivity index (χ1) is 9.19. The van der Waals surface area contributed by atoms with E-state index in [4.69, 9.17) is 0 Å². The molecule has 1 saturated carbocycles. The van der Waals surface area contributed by atoms with Crippen molar-refractivity contribution in [2.75, 3.05) is 26.7 Å². The minimum absolute atomic E-state index is 0.568. The van der Waals surface area contributed by atoms with Gasteiger partial charge in [-0.1, -0.05) is 26.7 Å². The predicted molar refractivity (Wildman–Crippen MR) is 81.6 cm³/mol. The summed E-state index contributed by atoms with van der Waals surface area (Å²) in [5, 5.41) is 6.97. The summed E-state index contributed by atoms with van der Waals surface area (Å²) in [6.45, 7) is 7.87. The van der Waals surface area contributed by atoms with Crippen LogP contribution in [0.5, 0.6) is 0 Å². The van der Waals surface area contributed by atoms with Crippen molar-refractivity contribution in [3.8, 4) is 0 Å². The number of hydrogen-bond acceptors (Lipinski definition) is 2. The quantitative estimate of drug-likeness (QED) is 0.602. The highest BCUT2D eigenvalue weighted by Crippen LogP contribution is 2.26. The number of guanidine groups is 1. The molecule has 4 nitrogen and oxygen atoms in total. The molecule has 2 N–H and O–H groups in total. The van der Waals surface area contributed by atoms with Crippen LogP contribution < -0.4 is 10.6 Å². The van der Waals surface area contributed by atoms with Crippen LogP contribution in [0.15, 0.2) is 4.99 Å². The molecule has 1 heterocycles. The van der Waals surface area contributed by atoms with Crippen LogP contribution in [0.2, 0.25) is 0 Å². The Hall–Kier alpha value is -0.770. The summed E-state index contributed by atoms with van der Waals surface area (Å²) in [4.78, 5) is 7.00. The lowest BCUT2D eigenvalue weighted by Crippen LogP contribution is -2.46. The van der Waals surface area contributed by atoms with Gasteiger partial charge >= 0.3 is 0 Å². The minimum atomic E-state index is 0.568. The van der Waals surface area contributed by atoms with Crippen LogP contribution in [0.3, 0.4) is 0 Å². The highest BCUT2D eigenvalue weighted by molar-refractivity contribution is 5.80. The Kier molecular flexibility index (Phi) is 5.49. The summed E-state index contributed by atoms with van der Waals surface area (Å²) in [6.07, 6.45) is 6.92. The van der Waals surface area contributed by atoms with Gasteiger partial charge in [0.15, 0.2) is 5.96 Å². The van der Waals surface area contributed by atoms with Gasteiger partial charge in [-0.2, -0.15) is 0 Å². The number of rotatable bonds is 4. The minimum Gasteiger partial charge on any atom is -0.356 e. The molecule has 0 bridgehead atoms. The molecular formula is C15H30N4. The fourth-order valence-corrected chi connectivity index (χ4v) is 3.19. The second-order valence-electron chi connectivity index (χ2n) is 6.41. The Labute approximate surface area is 118 Å². The molecule has 0 aromatic carbocycles. The van der Waals surface area contributed by atoms with Gasteiger partial charge in [0, 0.05) is 38.8 Å². The van der Waals surface area contributed by atoms with Crippen LogP contribution in [0.4, 0.5) is 0 Å². The van der Waals surface area contributed by atoms with E-state index in [-0.39, 0.29) is 0 Å². The summed E-state index contributed by atoms with van der Waals surface area (Å²) in [5.74, 6) is 1.61. The first-order valence-electron chi connectivity index (χ1n) is 7.90. The van der Waals surface area contributed by atoms with Crippen molar-refractivity contribution in [3.05, 3.63) is 0 Å². The normalized spacial score (nSPS) is 26.3. The zero-order valence-electron chi connectivity index (χ0n) is 12.8. The van der Waals surface area contributed by atoms with E-state index in [0.29, 0.717) is 12.0 Å². The summed E-state index contributed by atoms with van der Waals surface area (Å²) in [5.41, 5.74) is 0. The van der Waals surface area contributed by atoms with Gasteiger partial charge in [0.2, 0.25) is 0 Å². The highest BCUT2D eigenvalue weighted by atomic mass is 15.3. The van der Waals surface area contributed by atoms with E-state index >= 15 is 0 Å². The van der Waals surface area contributed by atoms with E-state index in [0.717, 1.165) is 18.5 Å². The third-order valence-corrected chi connectivity index (χ3v) is 4.30. The third-order valence-electron chi connectivity index (χ3n) is 4.30. The zero-order chi connectivity index (χ0) is 13.7. The van der Waals surface area contributed by atoms with Crippen LogP contribution in [-0.4, -0.2) is 49.6 Å². The number of likely N-dealkylation sites (tertiary alicyclic amines) is 1. The van der Waals surface area contributed by atoms with Crippen LogP contribution in [0.25, 0.3) is 0 Å². The molecule has 19 heavy (non-hydrogen) atoms. The lowest BCUT2D eigenvalue weighted by molar-refractivity contribution is 0.242. The lowest BCUT2D eigenvalue weighted by atomic mass is 10.2. The smallest absolute Gasteiger partial charge is 0.191 e. The van der Waals surface area contributed by atoms with Gasteiger partial charge in [-0.15, -0.1) is 0 Å². The average Bonchev–Trinajstić information content (AvgIpc) is 3.04. The summed E-state index contributed by atoms with van der Waals surface area (Å²) in [6, 6.07) is 1.43. The predicted octanol–water partition coefficient (Wildman–Crippen LogP) is 1.82. The topological polar surface area (TPSA) is 39.7 Å². The van der Waals surface area contributed by atoms with Crippen molar-refractivity contribution >= 4 is 5.96 Å². The van der Waals surface area contributed by atoms with Crippen molar-refractivity contribution in [1.29, 1.82) is 0 Å². The van der Waals surface area contributed by atoms with E-state index in [9.17, 15) is 0 Å². The molecule has 0 spiro atoms. The fourth-order valence-electron chi connectivity index (χ4n) is 3.19. The highest BCUT2D eigenvalue weighted by Gasteiger charge is 2.30. The fraction of sp³-hybridized carbons (Fsp3) is 0.933. The number of nitrogens with zero attached hydrogens (tertiary/aromatic N) is 2. The first-order valence-corrected chi connectivity index (χ1v) is 7.90.